The van der Waals surface area contributed by atoms with E-state index < -0.39 is 11.5 Å². The predicted molar refractivity (Wildman–Crippen MR) is 164 cm³/mol. The first-order valence-corrected chi connectivity index (χ1v) is 14.5. The lowest BCUT2D eigenvalue weighted by atomic mass is 10.0. The van der Waals surface area contributed by atoms with Gasteiger partial charge < -0.3 is 32.2 Å². The maximum atomic E-state index is 15.1. The average molecular weight is 595 g/mol. The number of nitrogens with two attached hydrogens (primary N) is 2. The minimum absolute atomic E-state index is 0.0102. The quantitative estimate of drug-likeness (QED) is 0.103. The lowest BCUT2D eigenvalue weighted by Gasteiger charge is -2.15. The molecule has 3 atom stereocenters. The van der Waals surface area contributed by atoms with Crippen molar-refractivity contribution in [2.24, 2.45) is 11.5 Å². The molecule has 9 N–H and O–H groups in total. The van der Waals surface area contributed by atoms with E-state index in [0.29, 0.717) is 53.4 Å². The molecule has 1 saturated heterocycles. The smallest absolute Gasteiger partial charge is 0.354 e. The van der Waals surface area contributed by atoms with Gasteiger partial charge in [-0.15, -0.1) is 0 Å². The summed E-state index contributed by atoms with van der Waals surface area (Å²) in [5.74, 6) is -0.570. The van der Waals surface area contributed by atoms with Gasteiger partial charge in [-0.2, -0.15) is 4.98 Å². The number of aryl methyl sites for hydroxylation is 1. The molecule has 1 fully saturated rings. The van der Waals surface area contributed by atoms with E-state index in [1.165, 1.54) is 4.57 Å². The molecule has 0 aliphatic carbocycles. The number of aromatic nitrogens is 3. The van der Waals surface area contributed by atoms with Crippen LogP contribution in [0.25, 0.3) is 28.0 Å². The van der Waals surface area contributed by atoms with Gasteiger partial charge in [0.05, 0.1) is 23.0 Å². The third kappa shape index (κ3) is 6.81. The van der Waals surface area contributed by atoms with Crippen LogP contribution in [0, 0.1) is 11.2 Å². The Bertz CT molecular complexity index is 1620. The predicted octanol–water partition coefficient (Wildman–Crippen LogP) is 3.48. The number of nitrogens with one attached hydrogen (secondary N) is 4. The number of halogens is 2. The molecule has 0 amide bonds. The average Bonchev–Trinajstić information content (AvgIpc) is 3.61. The Labute approximate surface area is 247 Å². The Balaban J connectivity index is 1.33. The van der Waals surface area contributed by atoms with E-state index in [1.54, 1.807) is 24.4 Å². The molecule has 2 aromatic heterocycles. The first-order valence-electron chi connectivity index (χ1n) is 14.1. The standard InChI is InChI=1S/C30H36ClFN8O2/c31-24-13-17(2-1-3-20(33)16-41)12-23(27(24)32)26-14-19-15-40(30(42)39-28(19)38-26)22-7-4-18(5-8-22)25-9-6-21(37-25)10-11-36-29(34)35/h4-5,7-8,12-15,20-21,25,37,41H,1-3,6,9-11,16,33H2,(H4,34,35,36)(H,38,39,42)/t20-,21-,25-/m1/s1. The van der Waals surface area contributed by atoms with Crippen molar-refractivity contribution in [3.8, 4) is 16.9 Å². The normalized spacial score (nSPS) is 17.5. The fourth-order valence-electron chi connectivity index (χ4n) is 5.53. The summed E-state index contributed by atoms with van der Waals surface area (Å²) in [5.41, 5.74) is 14.5. The lowest BCUT2D eigenvalue weighted by molar-refractivity contribution is 0.258. The zero-order valence-electron chi connectivity index (χ0n) is 23.2. The molecule has 4 aromatic rings. The van der Waals surface area contributed by atoms with E-state index >= 15 is 4.39 Å². The van der Waals surface area contributed by atoms with E-state index in [-0.39, 0.29) is 29.7 Å². The highest BCUT2D eigenvalue weighted by Gasteiger charge is 2.24. The van der Waals surface area contributed by atoms with E-state index in [9.17, 15) is 4.79 Å². The number of H-pyrrole nitrogens is 1. The summed E-state index contributed by atoms with van der Waals surface area (Å²) in [6.07, 6.45) is 6.62. The molecule has 222 valence electrons. The first kappa shape index (κ1) is 29.7. The number of benzene rings is 2. The molecule has 0 bridgehead atoms. The molecule has 0 saturated carbocycles. The molecule has 12 heteroatoms. The number of hydrogen-bond acceptors (Lipinski definition) is 6. The van der Waals surface area contributed by atoms with Gasteiger partial charge in [0, 0.05) is 41.8 Å². The number of guanidine groups is 1. The topological polar surface area (TPSA) is 171 Å². The zero-order valence-corrected chi connectivity index (χ0v) is 23.9. The van der Waals surface area contributed by atoms with Gasteiger partial charge >= 0.3 is 5.69 Å². The summed E-state index contributed by atoms with van der Waals surface area (Å²) in [4.78, 5) is 20.2. The van der Waals surface area contributed by atoms with Crippen LogP contribution in [0.2, 0.25) is 5.02 Å². The van der Waals surface area contributed by atoms with Gasteiger partial charge in [0.25, 0.3) is 0 Å². The number of rotatable bonds is 11. The molecule has 10 nitrogen and oxygen atoms in total. The molecule has 1 aliphatic rings. The fourth-order valence-corrected chi connectivity index (χ4v) is 5.77. The van der Waals surface area contributed by atoms with Gasteiger partial charge in [-0.05, 0) is 80.0 Å². The van der Waals surface area contributed by atoms with Crippen molar-refractivity contribution in [2.75, 3.05) is 13.2 Å². The second kappa shape index (κ2) is 13.0. The largest absolute Gasteiger partial charge is 0.395 e. The van der Waals surface area contributed by atoms with Crippen LogP contribution in [-0.4, -0.2) is 50.8 Å². The van der Waals surface area contributed by atoms with Crippen LogP contribution in [0.3, 0.4) is 0 Å². The van der Waals surface area contributed by atoms with Gasteiger partial charge in [-0.1, -0.05) is 23.7 Å². The molecular weight excluding hydrogens is 559 g/mol. The molecule has 2 aromatic carbocycles. The highest BCUT2D eigenvalue weighted by molar-refractivity contribution is 6.31. The minimum Gasteiger partial charge on any atom is -0.395 e. The number of nitrogens with zero attached hydrogens (tertiary/aromatic N) is 2. The minimum atomic E-state index is -0.553. The Morgan fingerprint density at radius 1 is 1.26 bits per heavy atom. The molecular formula is C30H36ClFN8O2. The highest BCUT2D eigenvalue weighted by atomic mass is 35.5. The summed E-state index contributed by atoms with van der Waals surface area (Å²) in [5, 5.41) is 23.6. The monoisotopic (exact) mass is 594 g/mol. The number of fused-ring (bicyclic) bond motifs is 1. The van der Waals surface area contributed by atoms with Crippen molar-refractivity contribution in [1.82, 2.24) is 25.2 Å². The van der Waals surface area contributed by atoms with Crippen LogP contribution >= 0.6 is 11.6 Å². The zero-order chi connectivity index (χ0) is 29.8. The fraction of sp³-hybridized carbons (Fsp3) is 0.367. The Morgan fingerprint density at radius 2 is 2.05 bits per heavy atom. The van der Waals surface area contributed by atoms with E-state index in [0.717, 1.165) is 36.8 Å². The molecule has 3 heterocycles. The maximum absolute atomic E-state index is 15.1. The van der Waals surface area contributed by atoms with Gasteiger partial charge in [-0.25, -0.2) is 9.18 Å². The number of hydrogen-bond donors (Lipinski definition) is 7. The summed E-state index contributed by atoms with van der Waals surface area (Å²) in [6.45, 7) is 0.577. The Hall–Kier alpha value is -3.77. The van der Waals surface area contributed by atoms with E-state index in [2.05, 4.69) is 20.6 Å². The van der Waals surface area contributed by atoms with Crippen molar-refractivity contribution in [3.05, 3.63) is 81.1 Å². The summed E-state index contributed by atoms with van der Waals surface area (Å²) < 4.78 is 16.6. The van der Waals surface area contributed by atoms with Crippen LogP contribution in [0.4, 0.5) is 4.39 Å². The summed E-state index contributed by atoms with van der Waals surface area (Å²) in [7, 11) is 0. The second-order valence-electron chi connectivity index (χ2n) is 10.9. The molecule has 0 radical (unpaired) electrons. The molecule has 5 rings (SSSR count). The van der Waals surface area contributed by atoms with Crippen LogP contribution in [0.15, 0.2) is 53.5 Å². The summed E-state index contributed by atoms with van der Waals surface area (Å²) in [6, 6.07) is 13.2. The number of aliphatic hydroxyl groups excluding tert-OH is 1. The first-order chi connectivity index (χ1) is 20.2. The SMILES string of the molecule is N=C(N)NCC[C@H]1CC[C@H](c2ccc(-n3cc4cc(-c5cc(CCC[C@@H](N)CO)cc(Cl)c5F)[nH]c4nc3=O)cc2)N1. The third-order valence-corrected chi connectivity index (χ3v) is 8.06. The van der Waals surface area contributed by atoms with Crippen LogP contribution in [-0.2, 0) is 6.42 Å². The van der Waals surface area contributed by atoms with Crippen LogP contribution in [0.5, 0.6) is 0 Å². The molecule has 1 aliphatic heterocycles. The van der Waals surface area contributed by atoms with E-state index in [1.807, 2.05) is 24.3 Å². The van der Waals surface area contributed by atoms with Crippen molar-refractivity contribution >= 4 is 28.6 Å². The lowest BCUT2D eigenvalue weighted by Crippen LogP contribution is -2.34. The Kier molecular flexibility index (Phi) is 9.22. The van der Waals surface area contributed by atoms with Gasteiger partial charge in [0.15, 0.2) is 11.8 Å². The molecule has 0 spiro atoms. The second-order valence-corrected chi connectivity index (χ2v) is 11.3. The van der Waals surface area contributed by atoms with Crippen molar-refractivity contribution in [3.63, 3.8) is 0 Å². The third-order valence-electron chi connectivity index (χ3n) is 7.78. The maximum Gasteiger partial charge on any atom is 0.354 e. The van der Waals surface area contributed by atoms with Crippen LogP contribution in [0.1, 0.15) is 49.3 Å². The number of aromatic amines is 1. The van der Waals surface area contributed by atoms with Gasteiger partial charge in [-0.3, -0.25) is 9.98 Å². The van der Waals surface area contributed by atoms with Gasteiger partial charge in [0.1, 0.15) is 5.65 Å². The van der Waals surface area contributed by atoms with E-state index in [4.69, 9.17) is 33.6 Å². The molecule has 0 unspecified atom stereocenters. The molecule has 42 heavy (non-hydrogen) atoms. The Morgan fingerprint density at radius 3 is 2.79 bits per heavy atom. The van der Waals surface area contributed by atoms with Crippen LogP contribution < -0.4 is 27.8 Å². The number of aliphatic hydroxyl groups is 1. The van der Waals surface area contributed by atoms with Crippen molar-refractivity contribution in [1.29, 1.82) is 5.41 Å². The highest BCUT2D eigenvalue weighted by Crippen LogP contribution is 2.32. The van der Waals surface area contributed by atoms with Crippen molar-refractivity contribution in [2.45, 2.75) is 56.7 Å². The van der Waals surface area contributed by atoms with Crippen molar-refractivity contribution < 1.29 is 9.50 Å². The summed E-state index contributed by atoms with van der Waals surface area (Å²) >= 11 is 6.23. The van der Waals surface area contributed by atoms with Gasteiger partial charge in [0.2, 0.25) is 0 Å².